The lowest BCUT2D eigenvalue weighted by Gasteiger charge is -2.29. The van der Waals surface area contributed by atoms with Crippen LogP contribution in [0.5, 0.6) is 5.75 Å². The number of nitrogens with zero attached hydrogens (tertiary/aromatic N) is 1. The van der Waals surface area contributed by atoms with Gasteiger partial charge in [0.2, 0.25) is 10.0 Å². The molecule has 3 N–H and O–H groups in total. The number of alkyl halides is 3. The minimum Gasteiger partial charge on any atom is -0.492 e. The summed E-state index contributed by atoms with van der Waals surface area (Å²) in [7, 11) is -3.61. The molecule has 50 heavy (non-hydrogen) atoms. The van der Waals surface area contributed by atoms with Crippen LogP contribution in [0.4, 0.5) is 13.2 Å². The minimum atomic E-state index is -5.08. The molecule has 8 nitrogen and oxygen atoms in total. The molecule has 1 aliphatic rings. The average molecular weight is 710 g/mol. The maximum Gasteiger partial charge on any atom is 0.490 e. The Bertz CT molecular complexity index is 1730. The highest BCUT2D eigenvalue weighted by molar-refractivity contribution is 7.92. The van der Waals surface area contributed by atoms with E-state index in [1.807, 2.05) is 72.8 Å². The Labute approximate surface area is 291 Å². The van der Waals surface area contributed by atoms with Gasteiger partial charge in [0.1, 0.15) is 12.4 Å². The maximum atomic E-state index is 13.5. The van der Waals surface area contributed by atoms with Crippen molar-refractivity contribution < 1.29 is 36.2 Å². The van der Waals surface area contributed by atoms with E-state index in [0.29, 0.717) is 19.7 Å². The molecule has 5 rings (SSSR count). The third kappa shape index (κ3) is 13.1. The van der Waals surface area contributed by atoms with Crippen LogP contribution in [-0.4, -0.2) is 62.3 Å². The van der Waals surface area contributed by atoms with Crippen LogP contribution in [0.1, 0.15) is 36.0 Å². The highest BCUT2D eigenvalue weighted by Crippen LogP contribution is 2.23. The van der Waals surface area contributed by atoms with Gasteiger partial charge in [0.05, 0.1) is 0 Å². The van der Waals surface area contributed by atoms with Gasteiger partial charge in [-0.1, -0.05) is 103 Å². The molecule has 12 heteroatoms. The van der Waals surface area contributed by atoms with Crippen LogP contribution < -0.4 is 15.4 Å². The number of hydrogen-bond donors (Lipinski definition) is 3. The van der Waals surface area contributed by atoms with Gasteiger partial charge in [-0.25, -0.2) is 13.2 Å². The summed E-state index contributed by atoms with van der Waals surface area (Å²) in [5, 5.41) is 15.4. The monoisotopic (exact) mass is 709 g/mol. The molecule has 4 aromatic rings. The number of nitrogens with one attached hydrogen (secondary N) is 2. The van der Waals surface area contributed by atoms with E-state index in [2.05, 4.69) is 47.0 Å². The summed E-state index contributed by atoms with van der Waals surface area (Å²) in [5.41, 5.74) is 5.27. The molecular formula is C38H42F3N3O5S. The number of ether oxygens (including phenoxy) is 1. The van der Waals surface area contributed by atoms with Crippen molar-refractivity contribution in [3.05, 3.63) is 131 Å². The third-order valence-electron chi connectivity index (χ3n) is 7.89. The van der Waals surface area contributed by atoms with Crippen molar-refractivity contribution in [2.45, 2.75) is 44.6 Å². The zero-order valence-electron chi connectivity index (χ0n) is 27.6. The van der Waals surface area contributed by atoms with Crippen molar-refractivity contribution in [1.29, 1.82) is 0 Å². The van der Waals surface area contributed by atoms with Crippen LogP contribution in [0.3, 0.4) is 0 Å². The summed E-state index contributed by atoms with van der Waals surface area (Å²) in [6.45, 7) is 3.88. The molecule has 0 bridgehead atoms. The van der Waals surface area contributed by atoms with Gasteiger partial charge in [-0.3, -0.25) is 0 Å². The van der Waals surface area contributed by atoms with Crippen LogP contribution in [0, 0.1) is 0 Å². The lowest BCUT2D eigenvalue weighted by molar-refractivity contribution is -0.192. The number of carbonyl (C=O) groups is 1. The van der Waals surface area contributed by atoms with Gasteiger partial charge in [0.25, 0.3) is 0 Å². The second kappa shape index (κ2) is 19.0. The van der Waals surface area contributed by atoms with Gasteiger partial charge in [0, 0.05) is 37.6 Å². The van der Waals surface area contributed by atoms with Gasteiger partial charge < -0.3 is 20.5 Å². The smallest absolute Gasteiger partial charge is 0.490 e. The molecule has 0 amide bonds. The van der Waals surface area contributed by atoms with Crippen LogP contribution in [0.15, 0.2) is 115 Å². The summed E-state index contributed by atoms with van der Waals surface area (Å²) in [6.07, 6.45) is -0.158. The molecule has 266 valence electrons. The predicted molar refractivity (Wildman–Crippen MR) is 190 cm³/mol. The maximum absolute atomic E-state index is 13.5. The van der Waals surface area contributed by atoms with E-state index in [1.54, 1.807) is 10.4 Å². The summed E-state index contributed by atoms with van der Waals surface area (Å²) in [5.74, 6) is -1.87. The fraction of sp³-hybridized carbons (Fsp3) is 0.289. The summed E-state index contributed by atoms with van der Waals surface area (Å²) in [4.78, 5) is 8.90. The molecule has 1 unspecified atom stereocenters. The number of sulfonamides is 1. The first-order chi connectivity index (χ1) is 24.0. The van der Waals surface area contributed by atoms with Gasteiger partial charge >= 0.3 is 12.1 Å². The SMILES string of the molecule is O=C(O)C(F)(F)F.O=S(=O)(/C=C/c1ccccc1)N(Cc1ccc(-c2ccc(CNCCOc3ccccc3)cc2)cc1)CC1CCCCN1. The standard InChI is InChI=1S/C36H41N3O3S.C2HF3O2/c40-43(41,26-22-30-9-3-1-4-10-30)39(29-35-11-7-8-23-38-35)28-32-16-20-34(21-17-32)33-18-14-31(15-19-33)27-37-24-25-42-36-12-5-2-6-13-36;3-2(4,5)1(6)7/h1-6,9-10,12-22,26,35,37-38H,7-8,11,23-25,27-29H2;(H,6,7)/b26-22+;. The molecule has 0 aromatic heterocycles. The van der Waals surface area contributed by atoms with Crippen molar-refractivity contribution in [3.8, 4) is 16.9 Å². The lowest BCUT2D eigenvalue weighted by atomic mass is 10.0. The number of para-hydroxylation sites is 1. The molecular weight excluding hydrogens is 667 g/mol. The van der Waals surface area contributed by atoms with Crippen molar-refractivity contribution >= 4 is 22.1 Å². The van der Waals surface area contributed by atoms with Gasteiger partial charge in [-0.05, 0) is 65.4 Å². The number of carboxylic acid groups (broad SMARTS) is 1. The molecule has 1 fully saturated rings. The van der Waals surface area contributed by atoms with Crippen LogP contribution in [0.2, 0.25) is 0 Å². The Morgan fingerprint density at radius 1 is 0.880 bits per heavy atom. The lowest BCUT2D eigenvalue weighted by Crippen LogP contribution is -2.45. The largest absolute Gasteiger partial charge is 0.492 e. The molecule has 1 aliphatic heterocycles. The number of piperidine rings is 1. The van der Waals surface area contributed by atoms with E-state index in [0.717, 1.165) is 66.9 Å². The van der Waals surface area contributed by atoms with E-state index < -0.39 is 22.2 Å². The molecule has 4 aromatic carbocycles. The number of hydrogen-bond acceptors (Lipinski definition) is 6. The number of halogens is 3. The second-order valence-electron chi connectivity index (χ2n) is 11.7. The summed E-state index contributed by atoms with van der Waals surface area (Å²) in [6, 6.07) is 36.3. The fourth-order valence-electron chi connectivity index (χ4n) is 5.21. The number of benzene rings is 4. The van der Waals surface area contributed by atoms with E-state index in [4.69, 9.17) is 14.6 Å². The van der Waals surface area contributed by atoms with Crippen molar-refractivity contribution in [3.63, 3.8) is 0 Å². The van der Waals surface area contributed by atoms with Gasteiger partial charge in [0.15, 0.2) is 0 Å². The predicted octanol–water partition coefficient (Wildman–Crippen LogP) is 7.10. The highest BCUT2D eigenvalue weighted by atomic mass is 32.2. The Kier molecular flexibility index (Phi) is 14.6. The number of rotatable bonds is 14. The van der Waals surface area contributed by atoms with Gasteiger partial charge in [-0.15, -0.1) is 0 Å². The van der Waals surface area contributed by atoms with Crippen molar-refractivity contribution in [2.75, 3.05) is 26.2 Å². The van der Waals surface area contributed by atoms with E-state index in [-0.39, 0.29) is 6.04 Å². The van der Waals surface area contributed by atoms with Crippen LogP contribution in [-0.2, 0) is 27.9 Å². The Balaban J connectivity index is 0.000000727. The Morgan fingerprint density at radius 3 is 2.02 bits per heavy atom. The van der Waals surface area contributed by atoms with Crippen LogP contribution >= 0.6 is 0 Å². The van der Waals surface area contributed by atoms with Gasteiger partial charge in [-0.2, -0.15) is 17.5 Å². The Morgan fingerprint density at radius 2 is 1.46 bits per heavy atom. The third-order valence-corrected chi connectivity index (χ3v) is 9.37. The topological polar surface area (TPSA) is 108 Å². The molecule has 1 atom stereocenters. The summed E-state index contributed by atoms with van der Waals surface area (Å²) < 4.78 is 66.0. The molecule has 1 heterocycles. The van der Waals surface area contributed by atoms with E-state index in [9.17, 15) is 21.6 Å². The zero-order valence-corrected chi connectivity index (χ0v) is 28.4. The van der Waals surface area contributed by atoms with E-state index in [1.165, 1.54) is 11.0 Å². The molecule has 0 spiro atoms. The Hall–Kier alpha value is -4.49. The molecule has 1 saturated heterocycles. The normalized spacial score (nSPS) is 15.0. The zero-order chi connectivity index (χ0) is 35.8. The first-order valence-electron chi connectivity index (χ1n) is 16.3. The highest BCUT2D eigenvalue weighted by Gasteiger charge is 2.38. The van der Waals surface area contributed by atoms with Crippen LogP contribution in [0.25, 0.3) is 17.2 Å². The average Bonchev–Trinajstić information content (AvgIpc) is 3.12. The second-order valence-corrected chi connectivity index (χ2v) is 13.6. The minimum absolute atomic E-state index is 0.164. The molecule has 0 saturated carbocycles. The number of aliphatic carboxylic acids is 1. The molecule has 0 aliphatic carbocycles. The van der Waals surface area contributed by atoms with Crippen molar-refractivity contribution in [2.24, 2.45) is 0 Å². The first-order valence-corrected chi connectivity index (χ1v) is 17.8. The molecule has 0 radical (unpaired) electrons. The summed E-state index contributed by atoms with van der Waals surface area (Å²) >= 11 is 0. The quantitative estimate of drug-likeness (QED) is 0.120. The fourth-order valence-corrected chi connectivity index (χ4v) is 6.43. The van der Waals surface area contributed by atoms with Crippen molar-refractivity contribution in [1.82, 2.24) is 14.9 Å². The van der Waals surface area contributed by atoms with E-state index >= 15 is 0 Å². The number of carboxylic acids is 1. The first kappa shape index (κ1) is 38.3.